The van der Waals surface area contributed by atoms with Crippen molar-refractivity contribution in [2.75, 3.05) is 13.2 Å². The van der Waals surface area contributed by atoms with E-state index in [0.717, 1.165) is 69.6 Å². The molecule has 0 rings (SSSR count). The highest BCUT2D eigenvalue weighted by Gasteiger charge is 2.19. The van der Waals surface area contributed by atoms with Gasteiger partial charge in [0.1, 0.15) is 13.2 Å². The Morgan fingerprint density at radius 3 is 0.831 bits per heavy atom. The first-order chi connectivity index (χ1) is 28.7. The van der Waals surface area contributed by atoms with E-state index in [1.807, 2.05) is 0 Å². The lowest BCUT2D eigenvalue weighted by Crippen LogP contribution is -2.30. The van der Waals surface area contributed by atoms with E-state index in [2.05, 4.69) is 34.6 Å². The first kappa shape index (κ1) is 57.4. The summed E-state index contributed by atoms with van der Waals surface area (Å²) in [6, 6.07) is 0. The number of hydrogen-bond donors (Lipinski definition) is 0. The molecule has 6 nitrogen and oxygen atoms in total. The minimum absolute atomic E-state index is 0.0640. The fourth-order valence-corrected chi connectivity index (χ4v) is 7.99. The first-order valence-electron chi connectivity index (χ1n) is 26.2. The van der Waals surface area contributed by atoms with Gasteiger partial charge in [-0.3, -0.25) is 14.4 Å². The molecule has 6 heteroatoms. The van der Waals surface area contributed by atoms with E-state index in [4.69, 9.17) is 14.2 Å². The molecule has 0 aliphatic heterocycles. The van der Waals surface area contributed by atoms with Crippen molar-refractivity contribution in [1.82, 2.24) is 0 Å². The maximum absolute atomic E-state index is 12.8. The van der Waals surface area contributed by atoms with Crippen molar-refractivity contribution in [3.63, 3.8) is 0 Å². The topological polar surface area (TPSA) is 78.9 Å². The van der Waals surface area contributed by atoms with Crippen LogP contribution >= 0.6 is 0 Å². The Morgan fingerprint density at radius 2 is 0.559 bits per heavy atom. The maximum Gasteiger partial charge on any atom is 0.306 e. The highest BCUT2D eigenvalue weighted by atomic mass is 16.6. The summed E-state index contributed by atoms with van der Waals surface area (Å²) in [4.78, 5) is 37.9. The van der Waals surface area contributed by atoms with Gasteiger partial charge >= 0.3 is 17.9 Å². The fraction of sp³-hybridized carbons (Fsp3) is 0.943. The van der Waals surface area contributed by atoms with E-state index in [1.165, 1.54) is 180 Å². The van der Waals surface area contributed by atoms with Gasteiger partial charge < -0.3 is 14.2 Å². The first-order valence-corrected chi connectivity index (χ1v) is 26.2. The van der Waals surface area contributed by atoms with Crippen LogP contribution in [-0.4, -0.2) is 37.2 Å². The summed E-state index contributed by atoms with van der Waals surface area (Å²) in [7, 11) is 0. The molecule has 0 saturated carbocycles. The van der Waals surface area contributed by atoms with Crippen LogP contribution in [0.15, 0.2) is 0 Å². The molecule has 0 saturated heterocycles. The summed E-state index contributed by atoms with van der Waals surface area (Å²) in [5, 5.41) is 0. The predicted octanol–water partition coefficient (Wildman–Crippen LogP) is 16.9. The molecule has 59 heavy (non-hydrogen) atoms. The Bertz CT molecular complexity index is 900. The van der Waals surface area contributed by atoms with Crippen molar-refractivity contribution >= 4 is 17.9 Å². The monoisotopic (exact) mass is 835 g/mol. The van der Waals surface area contributed by atoms with Gasteiger partial charge in [0.2, 0.25) is 0 Å². The summed E-state index contributed by atoms with van der Waals surface area (Å²) in [6.45, 7) is 11.3. The van der Waals surface area contributed by atoms with Crippen molar-refractivity contribution in [2.45, 2.75) is 298 Å². The van der Waals surface area contributed by atoms with Crippen LogP contribution in [0, 0.1) is 11.8 Å². The summed E-state index contributed by atoms with van der Waals surface area (Å²) >= 11 is 0. The molecule has 0 aromatic rings. The van der Waals surface area contributed by atoms with Gasteiger partial charge in [-0.1, -0.05) is 253 Å². The van der Waals surface area contributed by atoms with Gasteiger partial charge in [0.15, 0.2) is 6.10 Å². The number of ether oxygens (including phenoxy) is 3. The van der Waals surface area contributed by atoms with Crippen LogP contribution < -0.4 is 0 Å². The molecule has 0 aromatic heterocycles. The zero-order valence-corrected chi connectivity index (χ0v) is 40.4. The number of unbranched alkanes of at least 4 members (excludes halogenated alkanes) is 32. The molecule has 0 aliphatic carbocycles. The SMILES string of the molecule is CCCCCCCCCCCCCCCCCCC(=O)OC[C@H](COC(=O)CCCCCCCCCCCCCC(C)C)OC(=O)CCCCCCCCCCC(C)C. The molecular formula is C53H102O6. The Hall–Kier alpha value is -1.59. The van der Waals surface area contributed by atoms with Crippen molar-refractivity contribution in [2.24, 2.45) is 11.8 Å². The quantitative estimate of drug-likeness (QED) is 0.0345. The average molecular weight is 835 g/mol. The van der Waals surface area contributed by atoms with Gasteiger partial charge in [0, 0.05) is 19.3 Å². The average Bonchev–Trinajstić information content (AvgIpc) is 3.20. The van der Waals surface area contributed by atoms with E-state index in [-0.39, 0.29) is 31.1 Å². The zero-order valence-electron chi connectivity index (χ0n) is 40.4. The second kappa shape index (κ2) is 45.9. The second-order valence-electron chi connectivity index (χ2n) is 19.1. The number of esters is 3. The van der Waals surface area contributed by atoms with Crippen molar-refractivity contribution in [1.29, 1.82) is 0 Å². The van der Waals surface area contributed by atoms with Crippen LogP contribution in [0.3, 0.4) is 0 Å². The summed E-state index contributed by atoms with van der Waals surface area (Å²) in [5.41, 5.74) is 0. The van der Waals surface area contributed by atoms with Gasteiger partial charge in [0.05, 0.1) is 0 Å². The van der Waals surface area contributed by atoms with Crippen molar-refractivity contribution in [3.8, 4) is 0 Å². The molecule has 0 spiro atoms. The third-order valence-electron chi connectivity index (χ3n) is 12.0. The minimum Gasteiger partial charge on any atom is -0.462 e. The van der Waals surface area contributed by atoms with Gasteiger partial charge in [-0.05, 0) is 31.1 Å². The molecule has 0 aromatic carbocycles. The van der Waals surface area contributed by atoms with Crippen LogP contribution in [0.5, 0.6) is 0 Å². The zero-order chi connectivity index (χ0) is 43.3. The van der Waals surface area contributed by atoms with Gasteiger partial charge in [-0.15, -0.1) is 0 Å². The van der Waals surface area contributed by atoms with E-state index >= 15 is 0 Å². The van der Waals surface area contributed by atoms with E-state index < -0.39 is 6.10 Å². The van der Waals surface area contributed by atoms with Crippen LogP contribution in [0.1, 0.15) is 291 Å². The summed E-state index contributed by atoms with van der Waals surface area (Å²) in [6.07, 6.45) is 46.6. The van der Waals surface area contributed by atoms with Crippen LogP contribution in [0.2, 0.25) is 0 Å². The standard InChI is InChI=1S/C53H102O6/c1-6-7-8-9-10-11-12-13-14-15-16-19-22-28-33-38-43-51(54)57-46-50(59-53(56)45-40-35-30-25-24-27-32-37-42-49(4)5)47-58-52(55)44-39-34-29-23-20-17-18-21-26-31-36-41-48(2)3/h48-50H,6-47H2,1-5H3/t50-/m1/s1. The molecule has 0 radical (unpaired) electrons. The van der Waals surface area contributed by atoms with Crippen molar-refractivity contribution in [3.05, 3.63) is 0 Å². The number of hydrogen-bond acceptors (Lipinski definition) is 6. The van der Waals surface area contributed by atoms with Crippen LogP contribution in [-0.2, 0) is 28.6 Å². The highest BCUT2D eigenvalue weighted by Crippen LogP contribution is 2.17. The number of rotatable bonds is 47. The minimum atomic E-state index is -0.762. The Labute approximate surface area is 368 Å². The molecular weight excluding hydrogens is 733 g/mol. The van der Waals surface area contributed by atoms with E-state index in [0.29, 0.717) is 19.3 Å². The molecule has 0 bridgehead atoms. The maximum atomic E-state index is 12.8. The van der Waals surface area contributed by atoms with Crippen LogP contribution in [0.25, 0.3) is 0 Å². The largest absolute Gasteiger partial charge is 0.462 e. The molecule has 1 atom stereocenters. The van der Waals surface area contributed by atoms with E-state index in [1.54, 1.807) is 0 Å². The van der Waals surface area contributed by atoms with Gasteiger partial charge in [-0.25, -0.2) is 0 Å². The highest BCUT2D eigenvalue weighted by molar-refractivity contribution is 5.71. The molecule has 0 heterocycles. The smallest absolute Gasteiger partial charge is 0.306 e. The fourth-order valence-electron chi connectivity index (χ4n) is 7.99. The number of carbonyl (C=O) groups excluding carboxylic acids is 3. The lowest BCUT2D eigenvalue weighted by molar-refractivity contribution is -0.167. The molecule has 350 valence electrons. The van der Waals surface area contributed by atoms with Gasteiger partial charge in [0.25, 0.3) is 0 Å². The molecule has 0 aliphatic rings. The Balaban J connectivity index is 4.28. The predicted molar refractivity (Wildman–Crippen MR) is 252 cm³/mol. The van der Waals surface area contributed by atoms with Crippen molar-refractivity contribution < 1.29 is 28.6 Å². The van der Waals surface area contributed by atoms with Gasteiger partial charge in [-0.2, -0.15) is 0 Å². The molecule has 0 amide bonds. The molecule has 0 unspecified atom stereocenters. The number of carbonyl (C=O) groups is 3. The molecule has 0 fully saturated rings. The summed E-state index contributed by atoms with van der Waals surface area (Å²) in [5.74, 6) is 0.771. The second-order valence-corrected chi connectivity index (χ2v) is 19.1. The van der Waals surface area contributed by atoms with Crippen LogP contribution in [0.4, 0.5) is 0 Å². The Kier molecular flexibility index (Phi) is 44.7. The Morgan fingerprint density at radius 1 is 0.322 bits per heavy atom. The third-order valence-corrected chi connectivity index (χ3v) is 12.0. The third kappa shape index (κ3) is 47.3. The normalized spacial score (nSPS) is 12.1. The summed E-state index contributed by atoms with van der Waals surface area (Å²) < 4.78 is 16.8. The van der Waals surface area contributed by atoms with E-state index in [9.17, 15) is 14.4 Å². The molecule has 0 N–H and O–H groups in total. The lowest BCUT2D eigenvalue weighted by atomic mass is 10.0. The lowest BCUT2D eigenvalue weighted by Gasteiger charge is -2.18.